The standard InChI is InChI=1S/C14H25N3S/c1-10(2)11-3-5-12(6-4-11)14(17-15)7-13-8-16-9-18-13/h8-12,14,17H,3-7,15H2,1-2H3. The molecule has 1 aliphatic rings. The number of thiazole rings is 1. The first-order valence-corrected chi connectivity index (χ1v) is 7.92. The lowest BCUT2D eigenvalue weighted by atomic mass is 9.74. The molecule has 1 aromatic heterocycles. The third kappa shape index (κ3) is 3.53. The third-order valence-corrected chi connectivity index (χ3v) is 5.25. The molecule has 2 rings (SSSR count). The molecule has 3 N–H and O–H groups in total. The van der Waals surface area contributed by atoms with Crippen LogP contribution in [-0.4, -0.2) is 11.0 Å². The second-order valence-corrected chi connectivity index (χ2v) is 6.83. The van der Waals surface area contributed by atoms with Crippen LogP contribution in [0.2, 0.25) is 0 Å². The van der Waals surface area contributed by atoms with Gasteiger partial charge in [0.25, 0.3) is 0 Å². The van der Waals surface area contributed by atoms with Crippen LogP contribution < -0.4 is 11.3 Å². The highest BCUT2D eigenvalue weighted by Gasteiger charge is 2.28. The molecule has 1 fully saturated rings. The van der Waals surface area contributed by atoms with E-state index in [9.17, 15) is 0 Å². The Hall–Kier alpha value is -0.450. The molecule has 1 aromatic rings. The summed E-state index contributed by atoms with van der Waals surface area (Å²) in [6.07, 6.45) is 8.35. The van der Waals surface area contributed by atoms with Crippen LogP contribution in [0.15, 0.2) is 11.7 Å². The third-order valence-electron chi connectivity index (χ3n) is 4.45. The summed E-state index contributed by atoms with van der Waals surface area (Å²) < 4.78 is 0. The molecule has 18 heavy (non-hydrogen) atoms. The SMILES string of the molecule is CC(C)C1CCC(C(Cc2cncs2)NN)CC1. The average Bonchev–Trinajstić information content (AvgIpc) is 2.89. The van der Waals surface area contributed by atoms with Gasteiger partial charge in [0.2, 0.25) is 0 Å². The monoisotopic (exact) mass is 267 g/mol. The van der Waals surface area contributed by atoms with E-state index in [2.05, 4.69) is 24.3 Å². The summed E-state index contributed by atoms with van der Waals surface area (Å²) in [5.41, 5.74) is 4.93. The minimum absolute atomic E-state index is 0.415. The molecule has 0 aliphatic heterocycles. The van der Waals surface area contributed by atoms with Gasteiger partial charge >= 0.3 is 0 Å². The van der Waals surface area contributed by atoms with E-state index in [0.717, 1.165) is 24.2 Å². The Kier molecular flexibility index (Phi) is 5.15. The normalized spacial score (nSPS) is 26.4. The van der Waals surface area contributed by atoms with Crippen LogP contribution in [0.1, 0.15) is 44.4 Å². The van der Waals surface area contributed by atoms with Crippen molar-refractivity contribution in [2.45, 2.75) is 52.0 Å². The summed E-state index contributed by atoms with van der Waals surface area (Å²) in [4.78, 5) is 5.48. The Morgan fingerprint density at radius 2 is 2.00 bits per heavy atom. The van der Waals surface area contributed by atoms with E-state index < -0.39 is 0 Å². The topological polar surface area (TPSA) is 50.9 Å². The summed E-state index contributed by atoms with van der Waals surface area (Å²) in [6, 6.07) is 0.415. The lowest BCUT2D eigenvalue weighted by molar-refractivity contribution is 0.188. The Labute approximate surface area is 114 Å². The molecule has 0 spiro atoms. The summed E-state index contributed by atoms with van der Waals surface area (Å²) in [7, 11) is 0. The van der Waals surface area contributed by atoms with Crippen molar-refractivity contribution in [3.8, 4) is 0 Å². The van der Waals surface area contributed by atoms with Crippen LogP contribution in [0.3, 0.4) is 0 Å². The lowest BCUT2D eigenvalue weighted by Gasteiger charge is -2.35. The van der Waals surface area contributed by atoms with Crippen LogP contribution >= 0.6 is 11.3 Å². The first-order chi connectivity index (χ1) is 8.70. The highest BCUT2D eigenvalue weighted by Crippen LogP contribution is 2.35. The minimum atomic E-state index is 0.415. The van der Waals surface area contributed by atoms with Gasteiger partial charge in [-0.25, -0.2) is 0 Å². The Morgan fingerprint density at radius 3 is 2.50 bits per heavy atom. The van der Waals surface area contributed by atoms with E-state index in [-0.39, 0.29) is 0 Å². The second-order valence-electron chi connectivity index (χ2n) is 5.86. The van der Waals surface area contributed by atoms with E-state index in [1.54, 1.807) is 11.3 Å². The molecule has 102 valence electrons. The van der Waals surface area contributed by atoms with Crippen molar-refractivity contribution in [3.63, 3.8) is 0 Å². The summed E-state index contributed by atoms with van der Waals surface area (Å²) in [5, 5.41) is 0. The smallest absolute Gasteiger partial charge is 0.0794 e. The maximum absolute atomic E-state index is 5.75. The maximum Gasteiger partial charge on any atom is 0.0794 e. The Balaban J connectivity index is 1.86. The highest BCUT2D eigenvalue weighted by molar-refractivity contribution is 7.09. The molecule has 1 aliphatic carbocycles. The zero-order chi connectivity index (χ0) is 13.0. The van der Waals surface area contributed by atoms with Gasteiger partial charge in [-0.05, 0) is 43.4 Å². The number of hydrogen-bond donors (Lipinski definition) is 2. The van der Waals surface area contributed by atoms with Gasteiger partial charge in [-0.15, -0.1) is 11.3 Å². The maximum atomic E-state index is 5.75. The molecule has 3 nitrogen and oxygen atoms in total. The van der Waals surface area contributed by atoms with Crippen LogP contribution in [-0.2, 0) is 6.42 Å². The van der Waals surface area contributed by atoms with Crippen molar-refractivity contribution in [2.24, 2.45) is 23.6 Å². The van der Waals surface area contributed by atoms with Crippen molar-refractivity contribution in [1.82, 2.24) is 10.4 Å². The molecule has 0 bridgehead atoms. The largest absolute Gasteiger partial charge is 0.271 e. The molecule has 0 amide bonds. The van der Waals surface area contributed by atoms with Gasteiger partial charge in [-0.1, -0.05) is 13.8 Å². The molecule has 4 heteroatoms. The molecule has 1 heterocycles. The number of nitrogens with zero attached hydrogens (tertiary/aromatic N) is 1. The molecule has 1 atom stereocenters. The first kappa shape index (κ1) is 14.0. The molecule has 0 radical (unpaired) electrons. The molecular formula is C14H25N3S. The molecule has 0 aromatic carbocycles. The van der Waals surface area contributed by atoms with Gasteiger partial charge in [0.05, 0.1) is 5.51 Å². The van der Waals surface area contributed by atoms with Crippen LogP contribution in [0.5, 0.6) is 0 Å². The lowest BCUT2D eigenvalue weighted by Crippen LogP contribution is -2.43. The van der Waals surface area contributed by atoms with E-state index in [1.807, 2.05) is 11.7 Å². The second kappa shape index (κ2) is 6.64. The van der Waals surface area contributed by atoms with Gasteiger partial charge in [0.15, 0.2) is 0 Å². The number of aromatic nitrogens is 1. The molecular weight excluding hydrogens is 242 g/mol. The zero-order valence-electron chi connectivity index (χ0n) is 11.4. The number of rotatable bonds is 5. The summed E-state index contributed by atoms with van der Waals surface area (Å²) in [6.45, 7) is 4.70. The summed E-state index contributed by atoms with van der Waals surface area (Å²) in [5.74, 6) is 8.23. The van der Waals surface area contributed by atoms with Gasteiger partial charge in [-0.2, -0.15) is 0 Å². The molecule has 1 saturated carbocycles. The van der Waals surface area contributed by atoms with E-state index in [4.69, 9.17) is 5.84 Å². The van der Waals surface area contributed by atoms with E-state index >= 15 is 0 Å². The Morgan fingerprint density at radius 1 is 1.33 bits per heavy atom. The van der Waals surface area contributed by atoms with Crippen molar-refractivity contribution in [3.05, 3.63) is 16.6 Å². The molecule has 1 unspecified atom stereocenters. The fraction of sp³-hybridized carbons (Fsp3) is 0.786. The Bertz CT molecular complexity index is 329. The van der Waals surface area contributed by atoms with Crippen molar-refractivity contribution < 1.29 is 0 Å². The predicted molar refractivity (Wildman–Crippen MR) is 77.2 cm³/mol. The fourth-order valence-electron chi connectivity index (χ4n) is 3.14. The van der Waals surface area contributed by atoms with E-state index in [1.165, 1.54) is 30.6 Å². The van der Waals surface area contributed by atoms with Crippen molar-refractivity contribution in [1.29, 1.82) is 0 Å². The van der Waals surface area contributed by atoms with Crippen LogP contribution in [0, 0.1) is 17.8 Å². The van der Waals surface area contributed by atoms with Gasteiger partial charge in [0, 0.05) is 23.5 Å². The predicted octanol–water partition coefficient (Wildman–Crippen LogP) is 2.98. The zero-order valence-corrected chi connectivity index (χ0v) is 12.2. The number of nitrogens with one attached hydrogen (secondary N) is 1. The van der Waals surface area contributed by atoms with Crippen molar-refractivity contribution in [2.75, 3.05) is 0 Å². The van der Waals surface area contributed by atoms with Crippen LogP contribution in [0.25, 0.3) is 0 Å². The fourth-order valence-corrected chi connectivity index (χ4v) is 3.79. The minimum Gasteiger partial charge on any atom is -0.271 e. The molecule has 0 saturated heterocycles. The van der Waals surface area contributed by atoms with Crippen molar-refractivity contribution >= 4 is 11.3 Å². The number of hydrazine groups is 1. The van der Waals surface area contributed by atoms with Gasteiger partial charge < -0.3 is 0 Å². The number of hydrogen-bond acceptors (Lipinski definition) is 4. The summed E-state index contributed by atoms with van der Waals surface area (Å²) >= 11 is 1.73. The van der Waals surface area contributed by atoms with Gasteiger partial charge in [0.1, 0.15) is 0 Å². The quantitative estimate of drug-likeness (QED) is 0.637. The first-order valence-electron chi connectivity index (χ1n) is 7.04. The van der Waals surface area contributed by atoms with E-state index in [0.29, 0.717) is 6.04 Å². The number of nitrogens with two attached hydrogens (primary N) is 1. The average molecular weight is 267 g/mol. The van der Waals surface area contributed by atoms with Crippen LogP contribution in [0.4, 0.5) is 0 Å². The van der Waals surface area contributed by atoms with Gasteiger partial charge in [-0.3, -0.25) is 16.3 Å². The highest BCUT2D eigenvalue weighted by atomic mass is 32.1.